The summed E-state index contributed by atoms with van der Waals surface area (Å²) in [6, 6.07) is 8.42. The molecule has 1 aromatic rings. The molecule has 0 spiro atoms. The summed E-state index contributed by atoms with van der Waals surface area (Å²) < 4.78 is 5.69. The molecule has 5 heteroatoms. The molecule has 2 bridgehead atoms. The number of nitrogens with one attached hydrogen (secondary N) is 1. The number of hydrogen-bond acceptors (Lipinski definition) is 4. The minimum absolute atomic E-state index is 0.244. The zero-order valence-corrected chi connectivity index (χ0v) is 12.3. The zero-order chi connectivity index (χ0) is 14.7. The molecule has 0 radical (unpaired) electrons. The Bertz CT molecular complexity index is 498. The summed E-state index contributed by atoms with van der Waals surface area (Å²) >= 11 is 0. The maximum absolute atomic E-state index is 10.8. The highest BCUT2D eigenvalue weighted by atomic mass is 16.5. The second-order valence-corrected chi connectivity index (χ2v) is 5.95. The van der Waals surface area contributed by atoms with E-state index in [0.717, 1.165) is 23.9 Å². The maximum atomic E-state index is 10.8. The smallest absolute Gasteiger partial charge is 0.220 e. The van der Waals surface area contributed by atoms with Crippen LogP contribution in [-0.2, 0) is 4.79 Å². The summed E-state index contributed by atoms with van der Waals surface area (Å²) in [6.45, 7) is 3.91. The monoisotopic (exact) mass is 289 g/mol. The van der Waals surface area contributed by atoms with Crippen LogP contribution in [0.3, 0.4) is 0 Å². The van der Waals surface area contributed by atoms with Crippen molar-refractivity contribution in [2.24, 2.45) is 11.7 Å². The molecule has 1 unspecified atom stereocenters. The fraction of sp³-hybridized carbons (Fsp3) is 0.562. The van der Waals surface area contributed by atoms with Crippen LogP contribution in [0, 0.1) is 5.92 Å². The van der Waals surface area contributed by atoms with Crippen molar-refractivity contribution < 1.29 is 9.53 Å². The van der Waals surface area contributed by atoms with E-state index in [0.29, 0.717) is 12.6 Å². The lowest BCUT2D eigenvalue weighted by molar-refractivity contribution is -0.118. The third-order valence-corrected chi connectivity index (χ3v) is 4.49. The predicted molar refractivity (Wildman–Crippen MR) is 82.3 cm³/mol. The Morgan fingerprint density at radius 3 is 2.76 bits per heavy atom. The van der Waals surface area contributed by atoms with Crippen molar-refractivity contribution in [3.63, 3.8) is 0 Å². The number of primary amides is 1. The van der Waals surface area contributed by atoms with E-state index in [9.17, 15) is 4.79 Å². The van der Waals surface area contributed by atoms with Gasteiger partial charge in [0.25, 0.3) is 0 Å². The number of carbonyl (C=O) groups is 1. The number of benzene rings is 1. The third kappa shape index (κ3) is 3.47. The van der Waals surface area contributed by atoms with Gasteiger partial charge in [-0.05, 0) is 44.0 Å². The fourth-order valence-corrected chi connectivity index (χ4v) is 3.30. The number of rotatable bonds is 6. The van der Waals surface area contributed by atoms with Gasteiger partial charge >= 0.3 is 0 Å². The molecule has 0 saturated carbocycles. The van der Waals surface area contributed by atoms with Crippen LogP contribution in [0.25, 0.3) is 0 Å². The van der Waals surface area contributed by atoms with Crippen molar-refractivity contribution in [2.45, 2.75) is 25.3 Å². The van der Waals surface area contributed by atoms with E-state index in [4.69, 9.17) is 10.5 Å². The van der Waals surface area contributed by atoms with Crippen molar-refractivity contribution in [2.75, 3.05) is 31.6 Å². The lowest BCUT2D eigenvalue weighted by Crippen LogP contribution is -2.53. The minimum atomic E-state index is -0.335. The Kier molecular flexibility index (Phi) is 4.29. The highest BCUT2D eigenvalue weighted by Gasteiger charge is 2.34. The molecule has 3 fully saturated rings. The molecule has 1 amide bonds. The Morgan fingerprint density at radius 2 is 2.10 bits per heavy atom. The number of anilines is 1. The Labute approximate surface area is 125 Å². The predicted octanol–water partition coefficient (Wildman–Crippen LogP) is 1.45. The summed E-state index contributed by atoms with van der Waals surface area (Å²) in [5.41, 5.74) is 6.16. The van der Waals surface area contributed by atoms with Gasteiger partial charge in [-0.3, -0.25) is 4.79 Å². The molecule has 3 saturated heterocycles. The number of carbonyl (C=O) groups excluding carboxylic acids is 1. The van der Waals surface area contributed by atoms with Crippen LogP contribution in [-0.4, -0.2) is 43.1 Å². The van der Waals surface area contributed by atoms with Gasteiger partial charge in [-0.25, -0.2) is 0 Å². The SMILES string of the molecule is NC(=O)CCOc1ccccc1NC1CN2CCC1CC2. The molecule has 3 aliphatic rings. The summed E-state index contributed by atoms with van der Waals surface area (Å²) in [5.74, 6) is 1.22. The molecule has 1 atom stereocenters. The Hall–Kier alpha value is -1.75. The lowest BCUT2D eigenvalue weighted by Gasteiger charge is -2.45. The molecule has 5 nitrogen and oxygen atoms in total. The number of nitrogens with zero attached hydrogens (tertiary/aromatic N) is 1. The molecule has 4 rings (SSSR count). The molecule has 3 aliphatic heterocycles. The van der Waals surface area contributed by atoms with E-state index < -0.39 is 0 Å². The summed E-state index contributed by atoms with van der Waals surface area (Å²) in [7, 11) is 0. The number of piperidine rings is 3. The van der Waals surface area contributed by atoms with Crippen LogP contribution in [0.1, 0.15) is 19.3 Å². The topological polar surface area (TPSA) is 67.6 Å². The van der Waals surface area contributed by atoms with Gasteiger partial charge in [0.2, 0.25) is 5.91 Å². The van der Waals surface area contributed by atoms with E-state index in [1.165, 1.54) is 25.9 Å². The van der Waals surface area contributed by atoms with Crippen LogP contribution >= 0.6 is 0 Å². The average molecular weight is 289 g/mol. The van der Waals surface area contributed by atoms with Crippen LogP contribution < -0.4 is 15.8 Å². The van der Waals surface area contributed by atoms with Crippen molar-refractivity contribution in [1.29, 1.82) is 0 Å². The Morgan fingerprint density at radius 1 is 1.33 bits per heavy atom. The molecule has 3 heterocycles. The van der Waals surface area contributed by atoms with Crippen LogP contribution in [0.2, 0.25) is 0 Å². The number of fused-ring (bicyclic) bond motifs is 3. The first-order chi connectivity index (χ1) is 10.2. The summed E-state index contributed by atoms with van der Waals surface area (Å²) in [6.07, 6.45) is 2.80. The number of amides is 1. The second-order valence-electron chi connectivity index (χ2n) is 5.95. The Balaban J connectivity index is 1.63. The van der Waals surface area contributed by atoms with Gasteiger partial charge in [0.05, 0.1) is 18.7 Å². The largest absolute Gasteiger partial charge is 0.491 e. The molecule has 1 aromatic carbocycles. The third-order valence-electron chi connectivity index (χ3n) is 4.49. The van der Waals surface area contributed by atoms with Gasteiger partial charge in [-0.2, -0.15) is 0 Å². The number of nitrogens with two attached hydrogens (primary N) is 1. The van der Waals surface area contributed by atoms with Crippen LogP contribution in [0.15, 0.2) is 24.3 Å². The van der Waals surface area contributed by atoms with E-state index in [2.05, 4.69) is 10.2 Å². The maximum Gasteiger partial charge on any atom is 0.220 e. The molecular weight excluding hydrogens is 266 g/mol. The fourth-order valence-electron chi connectivity index (χ4n) is 3.30. The second kappa shape index (κ2) is 6.35. The van der Waals surface area contributed by atoms with E-state index >= 15 is 0 Å². The van der Waals surface area contributed by atoms with Gasteiger partial charge in [0.1, 0.15) is 5.75 Å². The first-order valence-electron chi connectivity index (χ1n) is 7.71. The number of hydrogen-bond donors (Lipinski definition) is 2. The van der Waals surface area contributed by atoms with Gasteiger partial charge in [0, 0.05) is 12.6 Å². The summed E-state index contributed by atoms with van der Waals surface area (Å²) in [5, 5.41) is 3.64. The minimum Gasteiger partial charge on any atom is -0.491 e. The number of ether oxygens (including phenoxy) is 1. The highest BCUT2D eigenvalue weighted by molar-refractivity contribution is 5.73. The molecule has 114 valence electrons. The van der Waals surface area contributed by atoms with Gasteiger partial charge in [-0.15, -0.1) is 0 Å². The van der Waals surface area contributed by atoms with Crippen molar-refractivity contribution >= 4 is 11.6 Å². The quantitative estimate of drug-likeness (QED) is 0.831. The van der Waals surface area contributed by atoms with E-state index in [-0.39, 0.29) is 12.3 Å². The molecule has 0 aromatic heterocycles. The van der Waals surface area contributed by atoms with Gasteiger partial charge in [0.15, 0.2) is 0 Å². The normalized spacial score (nSPS) is 27.3. The summed E-state index contributed by atoms with van der Waals surface area (Å²) in [4.78, 5) is 13.3. The molecule has 0 aliphatic carbocycles. The van der Waals surface area contributed by atoms with Crippen LogP contribution in [0.4, 0.5) is 5.69 Å². The van der Waals surface area contributed by atoms with Crippen molar-refractivity contribution in [3.8, 4) is 5.75 Å². The molecular formula is C16H23N3O2. The van der Waals surface area contributed by atoms with E-state index in [1.54, 1.807) is 0 Å². The highest BCUT2D eigenvalue weighted by Crippen LogP contribution is 2.32. The van der Waals surface area contributed by atoms with Crippen molar-refractivity contribution in [1.82, 2.24) is 4.90 Å². The average Bonchev–Trinajstić information content (AvgIpc) is 2.50. The van der Waals surface area contributed by atoms with E-state index in [1.807, 2.05) is 24.3 Å². The van der Waals surface area contributed by atoms with Gasteiger partial charge in [-0.1, -0.05) is 12.1 Å². The zero-order valence-electron chi connectivity index (χ0n) is 12.3. The van der Waals surface area contributed by atoms with Crippen molar-refractivity contribution in [3.05, 3.63) is 24.3 Å². The first-order valence-corrected chi connectivity index (χ1v) is 7.71. The molecule has 3 N–H and O–H groups in total. The number of para-hydroxylation sites is 2. The van der Waals surface area contributed by atoms with Gasteiger partial charge < -0.3 is 20.7 Å². The lowest BCUT2D eigenvalue weighted by atomic mass is 9.84. The molecule has 21 heavy (non-hydrogen) atoms. The van der Waals surface area contributed by atoms with Crippen LogP contribution in [0.5, 0.6) is 5.75 Å². The standard InChI is InChI=1S/C16H23N3O2/c17-16(20)7-10-21-15-4-2-1-3-13(15)18-14-11-19-8-5-12(14)6-9-19/h1-4,12,14,18H,5-11H2,(H2,17,20). The first kappa shape index (κ1) is 14.2.